The minimum absolute atomic E-state index is 0.152. The molecule has 2 aromatic carbocycles. The monoisotopic (exact) mass is 281 g/mol. The highest BCUT2D eigenvalue weighted by atomic mass is 16.5. The first-order chi connectivity index (χ1) is 10.2. The first-order valence-corrected chi connectivity index (χ1v) is 7.25. The summed E-state index contributed by atoms with van der Waals surface area (Å²) in [5.74, 6) is -0.152. The maximum atomic E-state index is 12.2. The van der Waals surface area contributed by atoms with Crippen molar-refractivity contribution in [2.24, 2.45) is 0 Å². The number of morpholine rings is 1. The standard InChI is InChI=1S/C18H19NO2/c1-14-7-9-16(10-8-14)17-18(20)21-12-11-19(17)13-15-5-3-2-4-6-15/h2-10,17H,11-13H2,1H3. The van der Waals surface area contributed by atoms with E-state index in [4.69, 9.17) is 4.74 Å². The Morgan fingerprint density at radius 1 is 1.10 bits per heavy atom. The van der Waals surface area contributed by atoms with Gasteiger partial charge >= 0.3 is 5.97 Å². The van der Waals surface area contributed by atoms with Gasteiger partial charge in [0.25, 0.3) is 0 Å². The third-order valence-electron chi connectivity index (χ3n) is 3.83. The van der Waals surface area contributed by atoms with Crippen molar-refractivity contribution >= 4 is 5.97 Å². The normalized spacial score (nSPS) is 19.3. The fourth-order valence-corrected chi connectivity index (χ4v) is 2.70. The predicted molar refractivity (Wildman–Crippen MR) is 81.7 cm³/mol. The number of aryl methyl sites for hydroxylation is 1. The summed E-state index contributed by atoms with van der Waals surface area (Å²) in [5, 5.41) is 0. The van der Waals surface area contributed by atoms with Crippen molar-refractivity contribution in [2.45, 2.75) is 19.5 Å². The van der Waals surface area contributed by atoms with E-state index in [2.05, 4.69) is 17.0 Å². The SMILES string of the molecule is Cc1ccc(C2C(=O)OCCN2Cc2ccccc2)cc1. The first kappa shape index (κ1) is 13.8. The Hall–Kier alpha value is -2.13. The third-order valence-corrected chi connectivity index (χ3v) is 3.83. The van der Waals surface area contributed by atoms with Gasteiger partial charge in [-0.05, 0) is 18.1 Å². The van der Waals surface area contributed by atoms with E-state index in [-0.39, 0.29) is 12.0 Å². The predicted octanol–water partition coefficient (Wildman–Crippen LogP) is 3.10. The Morgan fingerprint density at radius 3 is 2.52 bits per heavy atom. The van der Waals surface area contributed by atoms with Gasteiger partial charge in [-0.2, -0.15) is 0 Å². The molecule has 0 saturated carbocycles. The fourth-order valence-electron chi connectivity index (χ4n) is 2.70. The molecule has 3 nitrogen and oxygen atoms in total. The van der Waals surface area contributed by atoms with Gasteiger partial charge < -0.3 is 4.74 Å². The number of benzene rings is 2. The van der Waals surface area contributed by atoms with Gasteiger partial charge in [-0.1, -0.05) is 60.2 Å². The number of cyclic esters (lactones) is 1. The quantitative estimate of drug-likeness (QED) is 0.810. The fraction of sp³-hybridized carbons (Fsp3) is 0.278. The molecule has 1 atom stereocenters. The van der Waals surface area contributed by atoms with Crippen LogP contribution in [0, 0.1) is 6.92 Å². The summed E-state index contributed by atoms with van der Waals surface area (Å²) in [4.78, 5) is 14.4. The van der Waals surface area contributed by atoms with E-state index in [0.29, 0.717) is 6.61 Å². The van der Waals surface area contributed by atoms with E-state index >= 15 is 0 Å². The van der Waals surface area contributed by atoms with Gasteiger partial charge in [0.1, 0.15) is 12.6 Å². The van der Waals surface area contributed by atoms with E-state index < -0.39 is 0 Å². The molecule has 0 amide bonds. The first-order valence-electron chi connectivity index (χ1n) is 7.25. The molecule has 1 aliphatic rings. The van der Waals surface area contributed by atoms with E-state index in [1.807, 2.05) is 49.4 Å². The minimum atomic E-state index is -0.306. The molecule has 0 spiro atoms. The Labute approximate surface area is 125 Å². The highest BCUT2D eigenvalue weighted by Crippen LogP contribution is 2.27. The zero-order valence-electron chi connectivity index (χ0n) is 12.2. The summed E-state index contributed by atoms with van der Waals surface area (Å²) in [7, 11) is 0. The van der Waals surface area contributed by atoms with Crippen molar-refractivity contribution in [3.05, 3.63) is 71.3 Å². The molecule has 0 N–H and O–H groups in total. The van der Waals surface area contributed by atoms with Crippen LogP contribution in [-0.2, 0) is 16.1 Å². The molecule has 3 heteroatoms. The van der Waals surface area contributed by atoms with Crippen LogP contribution in [0.4, 0.5) is 0 Å². The maximum Gasteiger partial charge on any atom is 0.328 e. The number of hydrogen-bond donors (Lipinski definition) is 0. The highest BCUT2D eigenvalue weighted by Gasteiger charge is 2.32. The number of ether oxygens (including phenoxy) is 1. The largest absolute Gasteiger partial charge is 0.463 e. The lowest BCUT2D eigenvalue weighted by atomic mass is 10.0. The van der Waals surface area contributed by atoms with Crippen LogP contribution in [0.1, 0.15) is 22.7 Å². The molecule has 0 aromatic heterocycles. The van der Waals surface area contributed by atoms with Crippen molar-refractivity contribution < 1.29 is 9.53 Å². The van der Waals surface area contributed by atoms with Gasteiger partial charge in [-0.3, -0.25) is 4.90 Å². The summed E-state index contributed by atoms with van der Waals surface area (Å²) in [6, 6.07) is 18.0. The summed E-state index contributed by atoms with van der Waals surface area (Å²) >= 11 is 0. The maximum absolute atomic E-state index is 12.2. The number of carbonyl (C=O) groups excluding carboxylic acids is 1. The molecule has 1 unspecified atom stereocenters. The van der Waals surface area contributed by atoms with Crippen molar-refractivity contribution in [3.8, 4) is 0 Å². The zero-order valence-corrected chi connectivity index (χ0v) is 12.2. The lowest BCUT2D eigenvalue weighted by molar-refractivity contribution is -0.158. The highest BCUT2D eigenvalue weighted by molar-refractivity contribution is 5.78. The van der Waals surface area contributed by atoms with Gasteiger partial charge in [0.15, 0.2) is 0 Å². The van der Waals surface area contributed by atoms with Crippen LogP contribution in [0.25, 0.3) is 0 Å². The van der Waals surface area contributed by atoms with Crippen molar-refractivity contribution in [1.29, 1.82) is 0 Å². The van der Waals surface area contributed by atoms with Crippen LogP contribution < -0.4 is 0 Å². The van der Waals surface area contributed by atoms with E-state index in [1.54, 1.807) is 0 Å². The molecule has 1 fully saturated rings. The number of rotatable bonds is 3. The summed E-state index contributed by atoms with van der Waals surface area (Å²) in [5.41, 5.74) is 3.41. The molecular formula is C18H19NO2. The molecule has 21 heavy (non-hydrogen) atoms. The number of hydrogen-bond acceptors (Lipinski definition) is 3. The molecule has 3 rings (SSSR count). The number of nitrogens with zero attached hydrogens (tertiary/aromatic N) is 1. The van der Waals surface area contributed by atoms with Crippen molar-refractivity contribution in [1.82, 2.24) is 4.90 Å². The summed E-state index contributed by atoms with van der Waals surface area (Å²) in [6.07, 6.45) is 0. The summed E-state index contributed by atoms with van der Waals surface area (Å²) in [6.45, 7) is 4.03. The van der Waals surface area contributed by atoms with Crippen molar-refractivity contribution in [3.63, 3.8) is 0 Å². The topological polar surface area (TPSA) is 29.5 Å². The van der Waals surface area contributed by atoms with Crippen LogP contribution in [-0.4, -0.2) is 24.0 Å². The van der Waals surface area contributed by atoms with Crippen LogP contribution >= 0.6 is 0 Å². The van der Waals surface area contributed by atoms with Crippen LogP contribution in [0.5, 0.6) is 0 Å². The Balaban J connectivity index is 1.86. The van der Waals surface area contributed by atoms with Crippen LogP contribution in [0.2, 0.25) is 0 Å². The third kappa shape index (κ3) is 3.14. The second-order valence-electron chi connectivity index (χ2n) is 5.44. The summed E-state index contributed by atoms with van der Waals surface area (Å²) < 4.78 is 5.26. The van der Waals surface area contributed by atoms with Crippen molar-refractivity contribution in [2.75, 3.05) is 13.2 Å². The Kier molecular flexibility index (Phi) is 4.02. The second-order valence-corrected chi connectivity index (χ2v) is 5.44. The van der Waals surface area contributed by atoms with Gasteiger partial charge in [0.2, 0.25) is 0 Å². The number of esters is 1. The molecule has 0 aliphatic carbocycles. The van der Waals surface area contributed by atoms with Crippen LogP contribution in [0.3, 0.4) is 0 Å². The Bertz CT molecular complexity index is 607. The molecule has 0 radical (unpaired) electrons. The smallest absolute Gasteiger partial charge is 0.328 e. The minimum Gasteiger partial charge on any atom is -0.463 e. The molecular weight excluding hydrogens is 262 g/mol. The molecule has 0 bridgehead atoms. The van der Waals surface area contributed by atoms with Gasteiger partial charge in [0, 0.05) is 13.1 Å². The van der Waals surface area contributed by atoms with Crippen LogP contribution in [0.15, 0.2) is 54.6 Å². The van der Waals surface area contributed by atoms with Gasteiger partial charge in [0.05, 0.1) is 0 Å². The average molecular weight is 281 g/mol. The lowest BCUT2D eigenvalue weighted by Crippen LogP contribution is -2.42. The molecule has 1 aliphatic heterocycles. The zero-order chi connectivity index (χ0) is 14.7. The second kappa shape index (κ2) is 6.10. The average Bonchev–Trinajstić information content (AvgIpc) is 2.50. The number of carbonyl (C=O) groups is 1. The molecule has 1 saturated heterocycles. The lowest BCUT2D eigenvalue weighted by Gasteiger charge is -2.34. The Morgan fingerprint density at radius 2 is 1.81 bits per heavy atom. The van der Waals surface area contributed by atoms with E-state index in [9.17, 15) is 4.79 Å². The van der Waals surface area contributed by atoms with Gasteiger partial charge in [-0.15, -0.1) is 0 Å². The van der Waals surface area contributed by atoms with E-state index in [1.165, 1.54) is 11.1 Å². The van der Waals surface area contributed by atoms with Gasteiger partial charge in [-0.25, -0.2) is 4.79 Å². The molecule has 1 heterocycles. The molecule has 108 valence electrons. The molecule has 2 aromatic rings. The van der Waals surface area contributed by atoms with E-state index in [0.717, 1.165) is 18.7 Å².